The number of hydrogen-bond acceptors (Lipinski definition) is 2. The molecule has 0 saturated heterocycles. The van der Waals surface area contributed by atoms with Crippen molar-refractivity contribution < 1.29 is 0 Å². The molecule has 0 spiro atoms. The minimum atomic E-state index is 0.365. The van der Waals surface area contributed by atoms with Crippen molar-refractivity contribution in [2.45, 2.75) is 63.5 Å². The molecule has 0 aromatic heterocycles. The minimum Gasteiger partial charge on any atom is -0.329 e. The third kappa shape index (κ3) is 3.32. The van der Waals surface area contributed by atoms with Gasteiger partial charge in [-0.15, -0.1) is 0 Å². The predicted molar refractivity (Wildman–Crippen MR) is 89.4 cm³/mol. The van der Waals surface area contributed by atoms with E-state index < -0.39 is 0 Å². The van der Waals surface area contributed by atoms with Crippen LogP contribution < -0.4 is 5.73 Å². The van der Waals surface area contributed by atoms with Gasteiger partial charge in [-0.1, -0.05) is 44.0 Å². The average molecular weight is 286 g/mol. The molecule has 21 heavy (non-hydrogen) atoms. The van der Waals surface area contributed by atoms with E-state index in [1.165, 1.54) is 49.7 Å². The van der Waals surface area contributed by atoms with Gasteiger partial charge in [-0.25, -0.2) is 0 Å². The Kier molecular flexibility index (Phi) is 4.66. The first-order chi connectivity index (χ1) is 10.2. The van der Waals surface area contributed by atoms with Crippen LogP contribution in [0.15, 0.2) is 24.3 Å². The molecule has 2 aliphatic carbocycles. The van der Waals surface area contributed by atoms with E-state index in [1.807, 2.05) is 0 Å². The molecule has 0 amide bonds. The highest BCUT2D eigenvalue weighted by Crippen LogP contribution is 2.40. The van der Waals surface area contributed by atoms with E-state index >= 15 is 0 Å². The topological polar surface area (TPSA) is 29.3 Å². The van der Waals surface area contributed by atoms with E-state index in [9.17, 15) is 0 Å². The summed E-state index contributed by atoms with van der Waals surface area (Å²) in [6.45, 7) is 3.12. The van der Waals surface area contributed by atoms with Crippen molar-refractivity contribution in [3.8, 4) is 0 Å². The first kappa shape index (κ1) is 15.1. The summed E-state index contributed by atoms with van der Waals surface area (Å²) in [5.41, 5.74) is 9.03. The molecule has 2 saturated carbocycles. The molecule has 0 heterocycles. The highest BCUT2D eigenvalue weighted by Gasteiger charge is 2.30. The van der Waals surface area contributed by atoms with Gasteiger partial charge >= 0.3 is 0 Å². The minimum absolute atomic E-state index is 0.365. The van der Waals surface area contributed by atoms with Gasteiger partial charge in [0.05, 0.1) is 0 Å². The van der Waals surface area contributed by atoms with Crippen molar-refractivity contribution >= 4 is 0 Å². The SMILES string of the molecule is CC1CCCCC1N(C)C(CN)c1ccc(C2CC2)cc1. The van der Waals surface area contributed by atoms with Crippen LogP contribution in [0.2, 0.25) is 0 Å². The highest BCUT2D eigenvalue weighted by atomic mass is 15.2. The molecule has 1 aromatic rings. The first-order valence-corrected chi connectivity index (χ1v) is 8.72. The van der Waals surface area contributed by atoms with Crippen molar-refractivity contribution in [1.29, 1.82) is 0 Å². The third-order valence-electron chi connectivity index (χ3n) is 5.67. The van der Waals surface area contributed by atoms with Gasteiger partial charge in [0, 0.05) is 18.6 Å². The number of benzene rings is 1. The fraction of sp³-hybridized carbons (Fsp3) is 0.684. The Morgan fingerprint density at radius 2 is 1.76 bits per heavy atom. The molecule has 2 N–H and O–H groups in total. The normalized spacial score (nSPS) is 27.8. The Labute approximate surface area is 129 Å². The molecule has 0 radical (unpaired) electrons. The van der Waals surface area contributed by atoms with Crippen molar-refractivity contribution in [3.05, 3.63) is 35.4 Å². The van der Waals surface area contributed by atoms with Gasteiger partial charge in [-0.2, -0.15) is 0 Å². The zero-order chi connectivity index (χ0) is 14.8. The zero-order valence-corrected chi connectivity index (χ0v) is 13.6. The Morgan fingerprint density at radius 3 is 2.33 bits per heavy atom. The van der Waals surface area contributed by atoms with E-state index in [1.54, 1.807) is 0 Å². The zero-order valence-electron chi connectivity index (χ0n) is 13.6. The molecule has 2 fully saturated rings. The standard InChI is InChI=1S/C19H30N2/c1-14-5-3-4-6-18(14)21(2)19(13-20)17-11-9-16(10-12-17)15-7-8-15/h9-12,14-15,18-19H,3-8,13,20H2,1-2H3. The van der Waals surface area contributed by atoms with Crippen LogP contribution >= 0.6 is 0 Å². The van der Waals surface area contributed by atoms with E-state index in [-0.39, 0.29) is 0 Å². The smallest absolute Gasteiger partial charge is 0.0470 e. The highest BCUT2D eigenvalue weighted by molar-refractivity contribution is 5.30. The summed E-state index contributed by atoms with van der Waals surface area (Å²) in [7, 11) is 2.28. The molecule has 3 rings (SSSR count). The van der Waals surface area contributed by atoms with E-state index in [2.05, 4.69) is 43.1 Å². The van der Waals surface area contributed by atoms with Crippen LogP contribution in [0.4, 0.5) is 0 Å². The van der Waals surface area contributed by atoms with Crippen molar-refractivity contribution in [3.63, 3.8) is 0 Å². The quantitative estimate of drug-likeness (QED) is 0.884. The van der Waals surface area contributed by atoms with E-state index in [4.69, 9.17) is 5.73 Å². The second kappa shape index (κ2) is 6.50. The fourth-order valence-electron chi connectivity index (χ4n) is 4.08. The van der Waals surface area contributed by atoms with Gasteiger partial charge < -0.3 is 5.73 Å². The Balaban J connectivity index is 1.73. The van der Waals surface area contributed by atoms with Crippen LogP contribution in [0.25, 0.3) is 0 Å². The molecule has 0 aliphatic heterocycles. The molecule has 2 heteroatoms. The number of rotatable bonds is 5. The van der Waals surface area contributed by atoms with Crippen molar-refractivity contribution in [2.75, 3.05) is 13.6 Å². The second-order valence-electron chi connectivity index (χ2n) is 7.19. The summed E-state index contributed by atoms with van der Waals surface area (Å²) in [5, 5.41) is 0. The Bertz CT molecular complexity index is 449. The number of hydrogen-bond donors (Lipinski definition) is 1. The van der Waals surface area contributed by atoms with Crippen LogP contribution in [-0.4, -0.2) is 24.5 Å². The summed E-state index contributed by atoms with van der Waals surface area (Å²) in [5.74, 6) is 1.63. The molecular weight excluding hydrogens is 256 g/mol. The van der Waals surface area contributed by atoms with E-state index in [0.717, 1.165) is 11.8 Å². The van der Waals surface area contributed by atoms with Gasteiger partial charge in [0.2, 0.25) is 0 Å². The average Bonchev–Trinajstić information content (AvgIpc) is 3.34. The van der Waals surface area contributed by atoms with Crippen molar-refractivity contribution in [1.82, 2.24) is 4.90 Å². The largest absolute Gasteiger partial charge is 0.329 e. The van der Waals surface area contributed by atoms with Gasteiger partial charge in [0.15, 0.2) is 0 Å². The maximum absolute atomic E-state index is 6.13. The van der Waals surface area contributed by atoms with Crippen LogP contribution in [0, 0.1) is 5.92 Å². The van der Waals surface area contributed by atoms with Crippen LogP contribution in [0.3, 0.4) is 0 Å². The van der Waals surface area contributed by atoms with E-state index in [0.29, 0.717) is 18.6 Å². The molecule has 2 nitrogen and oxygen atoms in total. The molecule has 3 unspecified atom stereocenters. The molecule has 116 valence electrons. The van der Waals surface area contributed by atoms with Gasteiger partial charge in [-0.3, -0.25) is 4.90 Å². The molecule has 1 aromatic carbocycles. The third-order valence-corrected chi connectivity index (χ3v) is 5.67. The maximum Gasteiger partial charge on any atom is 0.0470 e. The van der Waals surface area contributed by atoms with Gasteiger partial charge in [0.1, 0.15) is 0 Å². The molecule has 2 aliphatic rings. The van der Waals surface area contributed by atoms with Gasteiger partial charge in [0.25, 0.3) is 0 Å². The maximum atomic E-state index is 6.13. The molecular formula is C19H30N2. The summed E-state index contributed by atoms with van der Waals surface area (Å²) >= 11 is 0. The van der Waals surface area contributed by atoms with Crippen LogP contribution in [-0.2, 0) is 0 Å². The Hall–Kier alpha value is -0.860. The number of nitrogens with zero attached hydrogens (tertiary/aromatic N) is 1. The van der Waals surface area contributed by atoms with Crippen LogP contribution in [0.5, 0.6) is 0 Å². The summed E-state index contributed by atoms with van der Waals surface area (Å²) < 4.78 is 0. The lowest BCUT2D eigenvalue weighted by molar-refractivity contribution is 0.0992. The lowest BCUT2D eigenvalue weighted by Crippen LogP contribution is -2.43. The summed E-state index contributed by atoms with van der Waals surface area (Å²) in [6, 6.07) is 10.3. The number of nitrogens with two attached hydrogens (primary N) is 1. The monoisotopic (exact) mass is 286 g/mol. The Morgan fingerprint density at radius 1 is 1.10 bits per heavy atom. The molecule has 0 bridgehead atoms. The van der Waals surface area contributed by atoms with Crippen molar-refractivity contribution in [2.24, 2.45) is 11.7 Å². The second-order valence-corrected chi connectivity index (χ2v) is 7.19. The van der Waals surface area contributed by atoms with Crippen LogP contribution in [0.1, 0.15) is 68.5 Å². The lowest BCUT2D eigenvalue weighted by Gasteiger charge is -2.40. The predicted octanol–water partition coefficient (Wildman–Crippen LogP) is 4.07. The lowest BCUT2D eigenvalue weighted by atomic mass is 9.84. The van der Waals surface area contributed by atoms with Gasteiger partial charge in [-0.05, 0) is 55.7 Å². The molecule has 3 atom stereocenters. The first-order valence-electron chi connectivity index (χ1n) is 8.72. The fourth-order valence-corrected chi connectivity index (χ4v) is 4.08. The summed E-state index contributed by atoms with van der Waals surface area (Å²) in [6.07, 6.45) is 8.21. The number of likely N-dealkylation sites (N-methyl/N-ethyl adjacent to an activating group) is 1. The summed E-state index contributed by atoms with van der Waals surface area (Å²) in [4.78, 5) is 2.55.